The standard InChI is InChI=1S/C14H15N3OS2/c1-16(2)7-8-17-13(18)12-11(15-14(17)19)9-5-3-4-6-10(9)20-12/h3-6H,7-8H2,1-2H3,(H,15,19)/p+1. The van der Waals surface area contributed by atoms with Crippen molar-refractivity contribution in [3.05, 3.63) is 39.4 Å². The SMILES string of the molecule is C[NH+](C)CCn1c(=S)[nH]c2c(sc3ccccc32)c1=O. The van der Waals surface area contributed by atoms with Gasteiger partial charge in [0.15, 0.2) is 4.77 Å². The molecule has 0 aliphatic heterocycles. The van der Waals surface area contributed by atoms with Crippen LogP contribution in [0.1, 0.15) is 0 Å². The molecule has 0 spiro atoms. The van der Waals surface area contributed by atoms with E-state index in [0.29, 0.717) is 11.3 Å². The fourth-order valence-electron chi connectivity index (χ4n) is 2.25. The summed E-state index contributed by atoms with van der Waals surface area (Å²) < 4.78 is 4.04. The molecule has 4 nitrogen and oxygen atoms in total. The van der Waals surface area contributed by atoms with Crippen molar-refractivity contribution in [3.63, 3.8) is 0 Å². The van der Waals surface area contributed by atoms with E-state index >= 15 is 0 Å². The zero-order chi connectivity index (χ0) is 14.3. The molecule has 0 saturated carbocycles. The highest BCUT2D eigenvalue weighted by Crippen LogP contribution is 2.29. The maximum Gasteiger partial charge on any atom is 0.272 e. The number of hydrogen-bond donors (Lipinski definition) is 2. The topological polar surface area (TPSA) is 42.2 Å². The van der Waals surface area contributed by atoms with Crippen LogP contribution in [-0.4, -0.2) is 30.2 Å². The number of H-pyrrole nitrogens is 1. The van der Waals surface area contributed by atoms with Gasteiger partial charge in [0.2, 0.25) is 0 Å². The van der Waals surface area contributed by atoms with Gasteiger partial charge in [-0.05, 0) is 18.3 Å². The minimum Gasteiger partial charge on any atom is -0.338 e. The largest absolute Gasteiger partial charge is 0.338 e. The molecule has 0 atom stereocenters. The van der Waals surface area contributed by atoms with Crippen molar-refractivity contribution >= 4 is 43.9 Å². The molecule has 2 heterocycles. The number of likely N-dealkylation sites (N-methyl/N-ethyl adjacent to an activating group) is 1. The molecule has 0 bridgehead atoms. The third-order valence-corrected chi connectivity index (χ3v) is 4.83. The number of benzene rings is 1. The zero-order valence-electron chi connectivity index (χ0n) is 11.4. The van der Waals surface area contributed by atoms with Crippen molar-refractivity contribution in [1.82, 2.24) is 9.55 Å². The van der Waals surface area contributed by atoms with Crippen LogP contribution in [0.25, 0.3) is 20.3 Å². The van der Waals surface area contributed by atoms with E-state index in [1.165, 1.54) is 16.2 Å². The van der Waals surface area contributed by atoms with Crippen LogP contribution in [0.3, 0.4) is 0 Å². The summed E-state index contributed by atoms with van der Waals surface area (Å²) in [4.78, 5) is 17.1. The molecule has 0 saturated heterocycles. The van der Waals surface area contributed by atoms with Gasteiger partial charge in [0.25, 0.3) is 5.56 Å². The van der Waals surface area contributed by atoms with Crippen molar-refractivity contribution in [2.45, 2.75) is 6.54 Å². The van der Waals surface area contributed by atoms with Gasteiger partial charge in [-0.15, -0.1) is 11.3 Å². The maximum atomic E-state index is 12.6. The number of quaternary nitrogens is 1. The lowest BCUT2D eigenvalue weighted by Crippen LogP contribution is -3.06. The van der Waals surface area contributed by atoms with Crippen molar-refractivity contribution in [2.75, 3.05) is 20.6 Å². The summed E-state index contributed by atoms with van der Waals surface area (Å²) in [6.07, 6.45) is 0. The number of aromatic nitrogens is 2. The van der Waals surface area contributed by atoms with Crippen LogP contribution in [-0.2, 0) is 6.54 Å². The van der Waals surface area contributed by atoms with E-state index in [-0.39, 0.29) is 5.56 Å². The molecule has 2 N–H and O–H groups in total. The van der Waals surface area contributed by atoms with E-state index in [4.69, 9.17) is 12.2 Å². The molecule has 0 unspecified atom stereocenters. The Kier molecular flexibility index (Phi) is 3.45. The molecule has 0 fully saturated rings. The number of rotatable bonds is 3. The Morgan fingerprint density at radius 1 is 1.35 bits per heavy atom. The molecule has 0 amide bonds. The van der Waals surface area contributed by atoms with Crippen LogP contribution in [0.15, 0.2) is 29.1 Å². The minimum atomic E-state index is 0.0196. The lowest BCUT2D eigenvalue weighted by Gasteiger charge is -2.09. The molecule has 20 heavy (non-hydrogen) atoms. The second-order valence-electron chi connectivity index (χ2n) is 5.15. The molecule has 1 aromatic carbocycles. The Bertz CT molecular complexity index is 889. The molecule has 2 aromatic heterocycles. The normalized spacial score (nSPS) is 11.8. The Morgan fingerprint density at radius 2 is 2.10 bits per heavy atom. The summed E-state index contributed by atoms with van der Waals surface area (Å²) in [5.74, 6) is 0. The van der Waals surface area contributed by atoms with E-state index in [9.17, 15) is 4.79 Å². The highest BCUT2D eigenvalue weighted by atomic mass is 32.1. The van der Waals surface area contributed by atoms with E-state index < -0.39 is 0 Å². The van der Waals surface area contributed by atoms with Gasteiger partial charge >= 0.3 is 0 Å². The molecule has 6 heteroatoms. The number of hydrogen-bond acceptors (Lipinski definition) is 3. The molecule has 3 rings (SSSR count). The van der Waals surface area contributed by atoms with E-state index in [1.54, 1.807) is 4.57 Å². The van der Waals surface area contributed by atoms with Crippen LogP contribution in [0.5, 0.6) is 0 Å². The lowest BCUT2D eigenvalue weighted by molar-refractivity contribution is -0.858. The number of aromatic amines is 1. The van der Waals surface area contributed by atoms with Crippen LogP contribution in [0.4, 0.5) is 0 Å². The predicted molar refractivity (Wildman–Crippen MR) is 86.5 cm³/mol. The van der Waals surface area contributed by atoms with E-state index in [1.807, 2.05) is 24.3 Å². The van der Waals surface area contributed by atoms with Gasteiger partial charge < -0.3 is 9.88 Å². The first-order valence-corrected chi connectivity index (χ1v) is 7.74. The van der Waals surface area contributed by atoms with Crippen LogP contribution < -0.4 is 10.5 Å². The smallest absolute Gasteiger partial charge is 0.272 e. The number of nitrogens with zero attached hydrogens (tertiary/aromatic N) is 1. The van der Waals surface area contributed by atoms with Crippen molar-refractivity contribution in [2.24, 2.45) is 0 Å². The predicted octanol–water partition coefficient (Wildman–Crippen LogP) is 1.42. The van der Waals surface area contributed by atoms with Gasteiger partial charge in [0.05, 0.1) is 32.7 Å². The Hall–Kier alpha value is -1.50. The average molecular weight is 306 g/mol. The van der Waals surface area contributed by atoms with E-state index in [2.05, 4.69) is 19.1 Å². The molecule has 0 aliphatic rings. The van der Waals surface area contributed by atoms with Gasteiger partial charge in [-0.2, -0.15) is 0 Å². The molecule has 0 radical (unpaired) electrons. The first-order valence-electron chi connectivity index (χ1n) is 6.51. The summed E-state index contributed by atoms with van der Waals surface area (Å²) in [6, 6.07) is 8.02. The highest BCUT2D eigenvalue weighted by molar-refractivity contribution is 7.71. The van der Waals surface area contributed by atoms with Crippen LogP contribution >= 0.6 is 23.6 Å². The average Bonchev–Trinajstić information content (AvgIpc) is 2.77. The van der Waals surface area contributed by atoms with Crippen molar-refractivity contribution < 1.29 is 4.90 Å². The van der Waals surface area contributed by atoms with E-state index in [0.717, 1.165) is 26.8 Å². The molecular formula is C14H16N3OS2+. The molecule has 3 aromatic rings. The maximum absolute atomic E-state index is 12.6. The van der Waals surface area contributed by atoms with Crippen LogP contribution in [0.2, 0.25) is 0 Å². The minimum absolute atomic E-state index is 0.0196. The lowest BCUT2D eigenvalue weighted by atomic mass is 10.2. The number of nitrogens with one attached hydrogen (secondary N) is 2. The fourth-order valence-corrected chi connectivity index (χ4v) is 3.63. The van der Waals surface area contributed by atoms with Gasteiger partial charge in [-0.3, -0.25) is 9.36 Å². The second kappa shape index (κ2) is 5.12. The van der Waals surface area contributed by atoms with Crippen molar-refractivity contribution in [3.8, 4) is 0 Å². The Labute approximate surface area is 125 Å². The van der Waals surface area contributed by atoms with Gasteiger partial charge in [-0.1, -0.05) is 18.2 Å². The molecular weight excluding hydrogens is 290 g/mol. The Morgan fingerprint density at radius 3 is 2.85 bits per heavy atom. The van der Waals surface area contributed by atoms with Gasteiger partial charge in [-0.25, -0.2) is 0 Å². The first-order chi connectivity index (χ1) is 9.58. The highest BCUT2D eigenvalue weighted by Gasteiger charge is 2.12. The second-order valence-corrected chi connectivity index (χ2v) is 6.59. The Balaban J connectivity index is 2.27. The summed E-state index contributed by atoms with van der Waals surface area (Å²) in [7, 11) is 4.13. The summed E-state index contributed by atoms with van der Waals surface area (Å²) in [6.45, 7) is 1.51. The quantitative estimate of drug-likeness (QED) is 0.719. The summed E-state index contributed by atoms with van der Waals surface area (Å²) in [5.41, 5.74) is 0.889. The van der Waals surface area contributed by atoms with Gasteiger partial charge in [0.1, 0.15) is 4.70 Å². The third-order valence-electron chi connectivity index (χ3n) is 3.35. The number of thiophene rings is 1. The van der Waals surface area contributed by atoms with Gasteiger partial charge in [0, 0.05) is 10.1 Å². The summed E-state index contributed by atoms with van der Waals surface area (Å²) in [5, 5.41) is 1.07. The zero-order valence-corrected chi connectivity index (χ0v) is 13.0. The molecule has 104 valence electrons. The first kappa shape index (κ1) is 13.5. The monoisotopic (exact) mass is 306 g/mol. The fraction of sp³-hybridized carbons (Fsp3) is 0.286. The molecule has 0 aliphatic carbocycles. The number of fused-ring (bicyclic) bond motifs is 3. The summed E-state index contributed by atoms with van der Waals surface area (Å²) >= 11 is 6.88. The van der Waals surface area contributed by atoms with Crippen molar-refractivity contribution in [1.29, 1.82) is 0 Å². The third kappa shape index (κ3) is 2.19. The van der Waals surface area contributed by atoms with Crippen LogP contribution in [0, 0.1) is 4.77 Å².